The first-order chi connectivity index (χ1) is 6.59. The maximum Gasteiger partial charge on any atom is 0.407 e. The quantitative estimate of drug-likeness (QED) is 0.773. The molecule has 1 aromatic heterocycles. The largest absolute Gasteiger partial charge is 0.447 e. The van der Waals surface area contributed by atoms with Crippen molar-refractivity contribution in [3.8, 4) is 0 Å². The van der Waals surface area contributed by atoms with E-state index in [1.54, 1.807) is 12.4 Å². The van der Waals surface area contributed by atoms with Crippen molar-refractivity contribution >= 4 is 6.09 Å². The number of hydrogen-bond acceptors (Lipinski definition) is 3. The molecule has 0 aliphatic rings. The summed E-state index contributed by atoms with van der Waals surface area (Å²) in [6, 6.07) is -0.0972. The van der Waals surface area contributed by atoms with E-state index in [4.69, 9.17) is 4.74 Å². The Labute approximate surface area is 82.8 Å². The molecule has 5 heteroatoms. The number of ether oxygens (including phenoxy) is 1. The molecular weight excluding hydrogens is 182 g/mol. The Morgan fingerprint density at radius 2 is 2.29 bits per heavy atom. The summed E-state index contributed by atoms with van der Waals surface area (Å²) in [4.78, 5) is 11.2. The minimum absolute atomic E-state index is 0.0972. The van der Waals surface area contributed by atoms with E-state index in [1.807, 2.05) is 20.8 Å². The lowest BCUT2D eigenvalue weighted by Gasteiger charge is -2.13. The second-order valence-electron chi connectivity index (χ2n) is 3.35. The van der Waals surface area contributed by atoms with Crippen molar-refractivity contribution in [2.45, 2.75) is 32.9 Å². The predicted molar refractivity (Wildman–Crippen MR) is 51.8 cm³/mol. The van der Waals surface area contributed by atoms with Crippen LogP contribution in [-0.2, 0) is 4.74 Å². The number of H-pyrrole nitrogens is 1. The first kappa shape index (κ1) is 10.6. The smallest absolute Gasteiger partial charge is 0.407 e. The maximum absolute atomic E-state index is 11.2. The summed E-state index contributed by atoms with van der Waals surface area (Å²) >= 11 is 0. The number of carbonyl (C=O) groups excluding carboxylic acids is 1. The molecule has 0 fully saturated rings. The molecule has 0 radical (unpaired) electrons. The molecule has 5 nitrogen and oxygen atoms in total. The zero-order valence-electron chi connectivity index (χ0n) is 8.57. The molecule has 14 heavy (non-hydrogen) atoms. The molecule has 1 atom stereocenters. The topological polar surface area (TPSA) is 67.0 Å². The van der Waals surface area contributed by atoms with E-state index in [0.717, 1.165) is 5.56 Å². The average molecular weight is 197 g/mol. The van der Waals surface area contributed by atoms with Gasteiger partial charge in [-0.2, -0.15) is 5.10 Å². The number of hydrogen-bond donors (Lipinski definition) is 2. The van der Waals surface area contributed by atoms with Gasteiger partial charge in [-0.3, -0.25) is 5.10 Å². The molecule has 0 aliphatic heterocycles. The second kappa shape index (κ2) is 4.64. The van der Waals surface area contributed by atoms with Crippen LogP contribution in [0.3, 0.4) is 0 Å². The van der Waals surface area contributed by atoms with Crippen molar-refractivity contribution in [3.05, 3.63) is 18.0 Å². The Balaban J connectivity index is 2.41. The van der Waals surface area contributed by atoms with Gasteiger partial charge in [-0.05, 0) is 20.8 Å². The summed E-state index contributed by atoms with van der Waals surface area (Å²) in [6.07, 6.45) is 2.89. The summed E-state index contributed by atoms with van der Waals surface area (Å²) < 4.78 is 4.94. The third-order valence-corrected chi connectivity index (χ3v) is 1.70. The Morgan fingerprint density at radius 1 is 1.57 bits per heavy atom. The van der Waals surface area contributed by atoms with Crippen molar-refractivity contribution in [1.29, 1.82) is 0 Å². The number of carbonyl (C=O) groups is 1. The highest BCUT2D eigenvalue weighted by atomic mass is 16.6. The monoisotopic (exact) mass is 197 g/mol. The average Bonchev–Trinajstić information content (AvgIpc) is 2.53. The fourth-order valence-electron chi connectivity index (χ4n) is 1.01. The van der Waals surface area contributed by atoms with Crippen LogP contribution in [0, 0.1) is 0 Å². The SMILES string of the molecule is CC(C)OC(=O)NC(C)c1cn[nH]c1. The van der Waals surface area contributed by atoms with Crippen LogP contribution in [0.1, 0.15) is 32.4 Å². The molecule has 0 bridgehead atoms. The minimum atomic E-state index is -0.409. The van der Waals surface area contributed by atoms with Crippen molar-refractivity contribution in [2.75, 3.05) is 0 Å². The van der Waals surface area contributed by atoms with Crippen molar-refractivity contribution < 1.29 is 9.53 Å². The number of nitrogens with zero attached hydrogens (tertiary/aromatic N) is 1. The number of aromatic nitrogens is 2. The van der Waals surface area contributed by atoms with E-state index in [2.05, 4.69) is 15.5 Å². The lowest BCUT2D eigenvalue weighted by Crippen LogP contribution is -2.29. The highest BCUT2D eigenvalue weighted by Crippen LogP contribution is 2.09. The molecule has 1 rings (SSSR count). The number of aromatic amines is 1. The van der Waals surface area contributed by atoms with Gasteiger partial charge in [0.1, 0.15) is 0 Å². The van der Waals surface area contributed by atoms with Gasteiger partial charge in [-0.15, -0.1) is 0 Å². The van der Waals surface area contributed by atoms with Crippen LogP contribution in [-0.4, -0.2) is 22.4 Å². The van der Waals surface area contributed by atoms with E-state index in [0.29, 0.717) is 0 Å². The van der Waals surface area contributed by atoms with Crippen molar-refractivity contribution in [1.82, 2.24) is 15.5 Å². The molecule has 1 aromatic rings. The van der Waals surface area contributed by atoms with Crippen LogP contribution < -0.4 is 5.32 Å². The summed E-state index contributed by atoms with van der Waals surface area (Å²) in [7, 11) is 0. The fraction of sp³-hybridized carbons (Fsp3) is 0.556. The van der Waals surface area contributed by atoms with Gasteiger partial charge in [0, 0.05) is 11.8 Å². The molecule has 78 valence electrons. The van der Waals surface area contributed by atoms with Crippen LogP contribution in [0.15, 0.2) is 12.4 Å². The molecule has 1 heterocycles. The fourth-order valence-corrected chi connectivity index (χ4v) is 1.01. The van der Waals surface area contributed by atoms with Crippen LogP contribution in [0.5, 0.6) is 0 Å². The minimum Gasteiger partial charge on any atom is -0.447 e. The molecule has 0 saturated heterocycles. The van der Waals surface area contributed by atoms with Crippen LogP contribution >= 0.6 is 0 Å². The standard InChI is InChI=1S/C9H15N3O2/c1-6(2)14-9(13)12-7(3)8-4-10-11-5-8/h4-7H,1-3H3,(H,10,11)(H,12,13). The molecule has 1 unspecified atom stereocenters. The van der Waals surface area contributed by atoms with Gasteiger partial charge in [0.25, 0.3) is 0 Å². The van der Waals surface area contributed by atoms with E-state index in [-0.39, 0.29) is 12.1 Å². The summed E-state index contributed by atoms with van der Waals surface area (Å²) in [5, 5.41) is 9.17. The number of rotatable bonds is 3. The Kier molecular flexibility index (Phi) is 3.50. The van der Waals surface area contributed by atoms with E-state index >= 15 is 0 Å². The van der Waals surface area contributed by atoms with Gasteiger partial charge in [0.2, 0.25) is 0 Å². The molecule has 2 N–H and O–H groups in total. The van der Waals surface area contributed by atoms with Gasteiger partial charge in [0.05, 0.1) is 18.3 Å². The molecule has 0 aliphatic carbocycles. The zero-order chi connectivity index (χ0) is 10.6. The van der Waals surface area contributed by atoms with Gasteiger partial charge in [-0.1, -0.05) is 0 Å². The Hall–Kier alpha value is -1.52. The van der Waals surface area contributed by atoms with Gasteiger partial charge < -0.3 is 10.1 Å². The Morgan fingerprint density at radius 3 is 2.79 bits per heavy atom. The zero-order valence-corrected chi connectivity index (χ0v) is 8.57. The molecule has 0 spiro atoms. The summed E-state index contributed by atoms with van der Waals surface area (Å²) in [6.45, 7) is 5.48. The lowest BCUT2D eigenvalue weighted by molar-refractivity contribution is 0.113. The molecule has 1 amide bonds. The molecule has 0 aromatic carbocycles. The second-order valence-corrected chi connectivity index (χ2v) is 3.35. The van der Waals surface area contributed by atoms with E-state index in [9.17, 15) is 4.79 Å². The lowest BCUT2D eigenvalue weighted by atomic mass is 10.2. The van der Waals surface area contributed by atoms with Crippen LogP contribution in [0.25, 0.3) is 0 Å². The van der Waals surface area contributed by atoms with Gasteiger partial charge in [0.15, 0.2) is 0 Å². The number of amides is 1. The molecular formula is C9H15N3O2. The molecule has 0 saturated carbocycles. The number of alkyl carbamates (subject to hydrolysis) is 1. The third kappa shape index (κ3) is 3.08. The first-order valence-corrected chi connectivity index (χ1v) is 4.55. The van der Waals surface area contributed by atoms with Gasteiger partial charge in [-0.25, -0.2) is 4.79 Å². The van der Waals surface area contributed by atoms with E-state index < -0.39 is 6.09 Å². The highest BCUT2D eigenvalue weighted by molar-refractivity contribution is 5.67. The normalized spacial score (nSPS) is 12.6. The van der Waals surface area contributed by atoms with Crippen molar-refractivity contribution in [2.24, 2.45) is 0 Å². The Bertz CT molecular complexity index is 282. The summed E-state index contributed by atoms with van der Waals surface area (Å²) in [5.74, 6) is 0. The van der Waals surface area contributed by atoms with Crippen LogP contribution in [0.4, 0.5) is 4.79 Å². The van der Waals surface area contributed by atoms with Gasteiger partial charge >= 0.3 is 6.09 Å². The predicted octanol–water partition coefficient (Wildman–Crippen LogP) is 1.61. The van der Waals surface area contributed by atoms with E-state index in [1.165, 1.54) is 0 Å². The first-order valence-electron chi connectivity index (χ1n) is 4.55. The highest BCUT2D eigenvalue weighted by Gasteiger charge is 2.11. The number of nitrogens with one attached hydrogen (secondary N) is 2. The maximum atomic E-state index is 11.2. The third-order valence-electron chi connectivity index (χ3n) is 1.70. The van der Waals surface area contributed by atoms with Crippen molar-refractivity contribution in [3.63, 3.8) is 0 Å². The van der Waals surface area contributed by atoms with Crippen LogP contribution in [0.2, 0.25) is 0 Å². The summed E-state index contributed by atoms with van der Waals surface area (Å²) in [5.41, 5.74) is 0.922.